The van der Waals surface area contributed by atoms with E-state index >= 15 is 0 Å². The molecular weight excluding hydrogens is 323 g/mol. The first-order valence-corrected chi connectivity index (χ1v) is 7.19. The molecule has 0 spiro atoms. The van der Waals surface area contributed by atoms with Crippen LogP contribution in [0.4, 0.5) is 19.0 Å². The molecule has 1 aromatic carbocycles. The first-order valence-electron chi connectivity index (χ1n) is 7.19. The van der Waals surface area contributed by atoms with Gasteiger partial charge in [0.2, 0.25) is 0 Å². The molecule has 0 aliphatic heterocycles. The summed E-state index contributed by atoms with van der Waals surface area (Å²) in [5.74, 6) is 0.282. The lowest BCUT2D eigenvalue weighted by Gasteiger charge is -2.19. The van der Waals surface area contributed by atoms with Gasteiger partial charge in [0, 0.05) is 5.56 Å². The van der Waals surface area contributed by atoms with Gasteiger partial charge in [-0.05, 0) is 25.0 Å². The molecule has 130 valence electrons. The zero-order valence-corrected chi connectivity index (χ0v) is 13.7. The lowest BCUT2D eigenvalue weighted by atomic mass is 9.99. The maximum atomic E-state index is 13.2. The Hall–Kier alpha value is -2.51. The second-order valence-electron chi connectivity index (χ2n) is 5.51. The number of nitrogens with two attached hydrogens (primary N) is 1. The zero-order chi connectivity index (χ0) is 18.1. The van der Waals surface area contributed by atoms with Gasteiger partial charge in [-0.15, -0.1) is 0 Å². The van der Waals surface area contributed by atoms with Crippen LogP contribution in [0.2, 0.25) is 0 Å². The Balaban J connectivity index is 2.58. The van der Waals surface area contributed by atoms with Crippen LogP contribution in [-0.4, -0.2) is 17.1 Å². The summed E-state index contributed by atoms with van der Waals surface area (Å²) in [4.78, 5) is 7.90. The van der Waals surface area contributed by atoms with Gasteiger partial charge in [-0.1, -0.05) is 13.8 Å². The third kappa shape index (κ3) is 3.69. The number of nitrogen functional groups attached to an aromatic ring is 1. The molecule has 0 atom stereocenters. The second-order valence-corrected chi connectivity index (χ2v) is 5.51. The molecule has 2 rings (SSSR count). The molecule has 0 fully saturated rings. The number of hydrogen-bond acceptors (Lipinski definition) is 5. The van der Waals surface area contributed by atoms with Gasteiger partial charge in [-0.3, -0.25) is 0 Å². The molecule has 0 aliphatic rings. The fourth-order valence-corrected chi connectivity index (χ4v) is 2.18. The van der Waals surface area contributed by atoms with Crippen molar-refractivity contribution in [1.29, 1.82) is 0 Å². The normalized spacial score (nSPS) is 11.7. The van der Waals surface area contributed by atoms with Gasteiger partial charge < -0.3 is 15.2 Å². The van der Waals surface area contributed by atoms with Gasteiger partial charge in [0.15, 0.2) is 11.6 Å². The first-order chi connectivity index (χ1) is 11.1. The van der Waals surface area contributed by atoms with Crippen molar-refractivity contribution in [3.63, 3.8) is 0 Å². The van der Waals surface area contributed by atoms with Gasteiger partial charge in [0.25, 0.3) is 0 Å². The van der Waals surface area contributed by atoms with Crippen LogP contribution in [0.5, 0.6) is 17.2 Å². The van der Waals surface area contributed by atoms with E-state index in [1.807, 2.05) is 13.8 Å². The maximum absolute atomic E-state index is 13.2. The molecule has 0 radical (unpaired) electrons. The number of rotatable bonds is 4. The third-order valence-electron chi connectivity index (χ3n) is 3.38. The highest BCUT2D eigenvalue weighted by Crippen LogP contribution is 2.43. The van der Waals surface area contributed by atoms with Crippen molar-refractivity contribution in [3.05, 3.63) is 35.3 Å². The summed E-state index contributed by atoms with van der Waals surface area (Å²) in [6.45, 7) is 5.32. The van der Waals surface area contributed by atoms with Crippen molar-refractivity contribution in [3.8, 4) is 17.2 Å². The quantitative estimate of drug-likeness (QED) is 0.897. The largest absolute Gasteiger partial charge is 0.496 e. The number of aryl methyl sites for hydroxylation is 1. The van der Waals surface area contributed by atoms with E-state index in [1.54, 1.807) is 6.92 Å². The minimum atomic E-state index is -4.58. The van der Waals surface area contributed by atoms with Crippen molar-refractivity contribution >= 4 is 5.82 Å². The van der Waals surface area contributed by atoms with E-state index in [-0.39, 0.29) is 29.0 Å². The van der Waals surface area contributed by atoms with Gasteiger partial charge >= 0.3 is 6.18 Å². The van der Waals surface area contributed by atoms with Crippen molar-refractivity contribution < 1.29 is 22.6 Å². The molecular formula is C16H18F3N3O2. The summed E-state index contributed by atoms with van der Waals surface area (Å²) in [5, 5.41) is 0. The zero-order valence-electron chi connectivity index (χ0n) is 13.7. The third-order valence-corrected chi connectivity index (χ3v) is 3.38. The van der Waals surface area contributed by atoms with E-state index < -0.39 is 11.7 Å². The Bertz CT molecular complexity index is 746. The van der Waals surface area contributed by atoms with Crippen LogP contribution in [0, 0.1) is 6.92 Å². The molecule has 1 heterocycles. The molecule has 8 heteroatoms. The number of methoxy groups -OCH3 is 1. The van der Waals surface area contributed by atoms with Gasteiger partial charge in [-0.25, -0.2) is 9.97 Å². The van der Waals surface area contributed by atoms with E-state index in [0.29, 0.717) is 11.4 Å². The Morgan fingerprint density at radius 2 is 1.79 bits per heavy atom. The average Bonchev–Trinajstić information content (AvgIpc) is 2.48. The van der Waals surface area contributed by atoms with Crippen molar-refractivity contribution in [2.45, 2.75) is 32.9 Å². The Kier molecular flexibility index (Phi) is 4.86. The molecule has 0 unspecified atom stereocenters. The smallest absolute Gasteiger partial charge is 0.420 e. The monoisotopic (exact) mass is 341 g/mol. The summed E-state index contributed by atoms with van der Waals surface area (Å²) in [5.41, 5.74) is 5.39. The van der Waals surface area contributed by atoms with Crippen molar-refractivity contribution in [1.82, 2.24) is 9.97 Å². The van der Waals surface area contributed by atoms with E-state index in [9.17, 15) is 13.2 Å². The second kappa shape index (κ2) is 6.54. The standard InChI is InChI=1S/C16H18F3N3O2/c1-8(2)10-5-13(23-4)11(16(17,18)19)6-12(10)24-14-7-21-9(3)22-15(14)20/h5-8H,1-4H3,(H2,20,21,22). The Morgan fingerprint density at radius 1 is 1.12 bits per heavy atom. The number of nitrogens with zero attached hydrogens (tertiary/aromatic N) is 2. The summed E-state index contributed by atoms with van der Waals surface area (Å²) in [6.07, 6.45) is -3.24. The molecule has 2 aromatic rings. The van der Waals surface area contributed by atoms with Gasteiger partial charge in [-0.2, -0.15) is 13.2 Å². The molecule has 1 aromatic heterocycles. The van der Waals surface area contributed by atoms with Crippen LogP contribution in [0.25, 0.3) is 0 Å². The minimum Gasteiger partial charge on any atom is -0.496 e. The number of aromatic nitrogens is 2. The molecule has 0 aliphatic carbocycles. The predicted octanol–water partition coefficient (Wildman–Crippen LogP) is 4.31. The van der Waals surface area contributed by atoms with Crippen molar-refractivity contribution in [2.24, 2.45) is 0 Å². The van der Waals surface area contributed by atoms with E-state index in [2.05, 4.69) is 9.97 Å². The molecule has 0 saturated heterocycles. The number of hydrogen-bond donors (Lipinski definition) is 1. The maximum Gasteiger partial charge on any atom is 0.420 e. The fourth-order valence-electron chi connectivity index (χ4n) is 2.18. The minimum absolute atomic E-state index is 0.0391. The SMILES string of the molecule is COc1cc(C(C)C)c(Oc2cnc(C)nc2N)cc1C(F)(F)F. The number of halogens is 3. The summed E-state index contributed by atoms with van der Waals surface area (Å²) in [7, 11) is 1.20. The summed E-state index contributed by atoms with van der Waals surface area (Å²) in [6, 6.07) is 2.24. The van der Waals surface area contributed by atoms with E-state index in [0.717, 1.165) is 6.07 Å². The molecule has 2 N–H and O–H groups in total. The van der Waals surface area contributed by atoms with Crippen LogP contribution in [0.15, 0.2) is 18.3 Å². The van der Waals surface area contributed by atoms with E-state index in [4.69, 9.17) is 15.2 Å². The highest BCUT2D eigenvalue weighted by molar-refractivity contribution is 5.53. The van der Waals surface area contributed by atoms with Crippen LogP contribution in [0.1, 0.15) is 36.7 Å². The lowest BCUT2D eigenvalue weighted by Crippen LogP contribution is -2.09. The molecule has 5 nitrogen and oxygen atoms in total. The highest BCUT2D eigenvalue weighted by atomic mass is 19.4. The van der Waals surface area contributed by atoms with Crippen LogP contribution in [-0.2, 0) is 6.18 Å². The Morgan fingerprint density at radius 3 is 2.29 bits per heavy atom. The van der Waals surface area contributed by atoms with Crippen LogP contribution < -0.4 is 15.2 Å². The lowest BCUT2D eigenvalue weighted by molar-refractivity contribution is -0.138. The number of anilines is 1. The summed E-state index contributed by atoms with van der Waals surface area (Å²) >= 11 is 0. The fraction of sp³-hybridized carbons (Fsp3) is 0.375. The van der Waals surface area contributed by atoms with Crippen LogP contribution >= 0.6 is 0 Å². The molecule has 0 bridgehead atoms. The molecule has 0 saturated carbocycles. The Labute approximate surface area is 137 Å². The predicted molar refractivity (Wildman–Crippen MR) is 83.3 cm³/mol. The van der Waals surface area contributed by atoms with E-state index in [1.165, 1.54) is 19.4 Å². The topological polar surface area (TPSA) is 70.3 Å². The number of ether oxygens (including phenoxy) is 2. The van der Waals surface area contributed by atoms with Gasteiger partial charge in [0.05, 0.1) is 13.3 Å². The number of alkyl halides is 3. The van der Waals surface area contributed by atoms with Gasteiger partial charge in [0.1, 0.15) is 22.9 Å². The summed E-state index contributed by atoms with van der Waals surface area (Å²) < 4.78 is 50.2. The van der Waals surface area contributed by atoms with Crippen LogP contribution in [0.3, 0.4) is 0 Å². The molecule has 0 amide bonds. The highest BCUT2D eigenvalue weighted by Gasteiger charge is 2.36. The first kappa shape index (κ1) is 17.8. The van der Waals surface area contributed by atoms with Crippen molar-refractivity contribution in [2.75, 3.05) is 12.8 Å². The average molecular weight is 341 g/mol. The molecule has 24 heavy (non-hydrogen) atoms. The number of benzene rings is 1.